The maximum atomic E-state index is 11.2. The Kier molecular flexibility index (Phi) is 2.58. The van der Waals surface area contributed by atoms with Crippen molar-refractivity contribution in [3.8, 4) is 0 Å². The molecular formula is C9H9ClN2O. The lowest BCUT2D eigenvalue weighted by atomic mass is 10.1. The minimum Gasteiger partial charge on any atom is -0.397 e. The Morgan fingerprint density at radius 1 is 1.15 bits per heavy atom. The van der Waals surface area contributed by atoms with Crippen LogP contribution in [0.1, 0.15) is 0 Å². The molecule has 0 unspecified atom stereocenters. The number of pyridine rings is 1. The van der Waals surface area contributed by atoms with Crippen molar-refractivity contribution >= 4 is 28.9 Å². The number of aromatic amines is 1. The first-order valence-electron chi connectivity index (χ1n) is 3.65. The summed E-state index contributed by atoms with van der Waals surface area (Å²) in [4.78, 5) is 13.8. The van der Waals surface area contributed by atoms with Gasteiger partial charge in [0.15, 0.2) is 0 Å². The van der Waals surface area contributed by atoms with Gasteiger partial charge in [-0.2, -0.15) is 0 Å². The fraction of sp³-hybridized carbons (Fsp3) is 0. The monoisotopic (exact) mass is 196 g/mol. The van der Waals surface area contributed by atoms with Crippen LogP contribution >= 0.6 is 12.4 Å². The summed E-state index contributed by atoms with van der Waals surface area (Å²) in [5.74, 6) is 0. The van der Waals surface area contributed by atoms with E-state index >= 15 is 0 Å². The molecule has 0 atom stereocenters. The quantitative estimate of drug-likeness (QED) is 0.672. The Hall–Kier alpha value is -1.48. The van der Waals surface area contributed by atoms with Gasteiger partial charge in [-0.15, -0.1) is 12.4 Å². The van der Waals surface area contributed by atoms with Gasteiger partial charge in [-0.05, 0) is 6.07 Å². The van der Waals surface area contributed by atoms with Gasteiger partial charge < -0.3 is 10.7 Å². The third-order valence-corrected chi connectivity index (χ3v) is 1.84. The zero-order valence-corrected chi connectivity index (χ0v) is 7.60. The van der Waals surface area contributed by atoms with E-state index in [0.29, 0.717) is 11.1 Å². The maximum Gasteiger partial charge on any atom is 0.255 e. The van der Waals surface area contributed by atoms with Gasteiger partial charge in [0.25, 0.3) is 5.56 Å². The molecule has 68 valence electrons. The molecule has 3 N–H and O–H groups in total. The smallest absolute Gasteiger partial charge is 0.255 e. The Balaban J connectivity index is 0.000000845. The minimum absolute atomic E-state index is 0. The van der Waals surface area contributed by atoms with Crippen molar-refractivity contribution in [3.05, 3.63) is 40.8 Å². The summed E-state index contributed by atoms with van der Waals surface area (Å²) in [5, 5.41) is 1.44. The Morgan fingerprint density at radius 3 is 2.38 bits per heavy atom. The molecule has 0 saturated heterocycles. The summed E-state index contributed by atoms with van der Waals surface area (Å²) < 4.78 is 0. The third kappa shape index (κ3) is 1.51. The maximum absolute atomic E-state index is 11.2. The first-order chi connectivity index (χ1) is 5.79. The predicted molar refractivity (Wildman–Crippen MR) is 56.2 cm³/mol. The molecule has 0 radical (unpaired) electrons. The molecule has 0 aliphatic heterocycles. The van der Waals surface area contributed by atoms with E-state index in [-0.39, 0.29) is 18.0 Å². The average molecular weight is 197 g/mol. The fourth-order valence-electron chi connectivity index (χ4n) is 1.23. The molecule has 13 heavy (non-hydrogen) atoms. The second-order valence-corrected chi connectivity index (χ2v) is 2.62. The highest BCUT2D eigenvalue weighted by Gasteiger charge is 1.98. The molecule has 1 heterocycles. The number of nitrogens with one attached hydrogen (secondary N) is 1. The van der Waals surface area contributed by atoms with Gasteiger partial charge in [-0.25, -0.2) is 0 Å². The van der Waals surface area contributed by atoms with Crippen LogP contribution in [0.25, 0.3) is 10.8 Å². The highest BCUT2D eigenvalue weighted by molar-refractivity contribution is 5.91. The molecule has 1 aromatic heterocycles. The Bertz CT molecular complexity index is 478. The molecule has 2 rings (SSSR count). The molecule has 0 aliphatic rings. The lowest BCUT2D eigenvalue weighted by molar-refractivity contribution is 1.28. The van der Waals surface area contributed by atoms with E-state index < -0.39 is 0 Å². The number of aromatic nitrogens is 1. The van der Waals surface area contributed by atoms with Crippen LogP contribution in [0, 0.1) is 0 Å². The molecule has 0 bridgehead atoms. The molecule has 0 aliphatic carbocycles. The van der Waals surface area contributed by atoms with E-state index in [1.165, 1.54) is 6.20 Å². The third-order valence-electron chi connectivity index (χ3n) is 1.84. The SMILES string of the molecule is Cl.Nc1c[nH]c(=O)c2ccccc12. The van der Waals surface area contributed by atoms with E-state index in [4.69, 9.17) is 5.73 Å². The zero-order valence-electron chi connectivity index (χ0n) is 6.78. The molecule has 3 nitrogen and oxygen atoms in total. The number of hydrogen-bond acceptors (Lipinski definition) is 2. The molecular weight excluding hydrogens is 188 g/mol. The number of anilines is 1. The fourth-order valence-corrected chi connectivity index (χ4v) is 1.23. The van der Waals surface area contributed by atoms with Gasteiger partial charge in [0.05, 0.1) is 5.69 Å². The number of fused-ring (bicyclic) bond motifs is 1. The van der Waals surface area contributed by atoms with Crippen LogP contribution in [-0.2, 0) is 0 Å². The van der Waals surface area contributed by atoms with Crippen LogP contribution in [0.5, 0.6) is 0 Å². The lowest BCUT2D eigenvalue weighted by Crippen LogP contribution is -2.06. The molecule has 0 saturated carbocycles. The minimum atomic E-state index is -0.0974. The number of nitrogen functional groups attached to an aromatic ring is 1. The van der Waals surface area contributed by atoms with Crippen LogP contribution in [0.15, 0.2) is 35.3 Å². The average Bonchev–Trinajstić information content (AvgIpc) is 2.12. The van der Waals surface area contributed by atoms with Gasteiger partial charge >= 0.3 is 0 Å². The second kappa shape index (κ2) is 3.49. The molecule has 2 aromatic rings. The van der Waals surface area contributed by atoms with Crippen LogP contribution < -0.4 is 11.3 Å². The topological polar surface area (TPSA) is 58.9 Å². The highest BCUT2D eigenvalue weighted by Crippen LogP contribution is 2.14. The van der Waals surface area contributed by atoms with Gasteiger partial charge in [0.2, 0.25) is 0 Å². The number of hydrogen-bond donors (Lipinski definition) is 2. The van der Waals surface area contributed by atoms with Crippen LogP contribution in [0.4, 0.5) is 5.69 Å². The molecule has 0 amide bonds. The van der Waals surface area contributed by atoms with Crippen molar-refractivity contribution in [1.82, 2.24) is 4.98 Å². The number of halogens is 1. The summed E-state index contributed by atoms with van der Waals surface area (Å²) in [6.07, 6.45) is 1.52. The second-order valence-electron chi connectivity index (χ2n) is 2.62. The van der Waals surface area contributed by atoms with Crippen molar-refractivity contribution in [2.24, 2.45) is 0 Å². The molecule has 0 spiro atoms. The summed E-state index contributed by atoms with van der Waals surface area (Å²) in [6, 6.07) is 7.26. The van der Waals surface area contributed by atoms with Crippen LogP contribution in [-0.4, -0.2) is 4.98 Å². The van der Waals surface area contributed by atoms with Gasteiger partial charge in [0, 0.05) is 17.0 Å². The molecule has 0 fully saturated rings. The number of benzene rings is 1. The van der Waals surface area contributed by atoms with Gasteiger partial charge in [-0.3, -0.25) is 4.79 Å². The molecule has 4 heteroatoms. The Morgan fingerprint density at radius 2 is 1.77 bits per heavy atom. The van der Waals surface area contributed by atoms with Crippen molar-refractivity contribution < 1.29 is 0 Å². The predicted octanol–water partition coefficient (Wildman–Crippen LogP) is 1.53. The largest absolute Gasteiger partial charge is 0.397 e. The first kappa shape index (κ1) is 9.61. The van der Waals surface area contributed by atoms with E-state index in [9.17, 15) is 4.79 Å². The van der Waals surface area contributed by atoms with E-state index in [1.807, 2.05) is 18.2 Å². The van der Waals surface area contributed by atoms with E-state index in [2.05, 4.69) is 4.98 Å². The van der Waals surface area contributed by atoms with Gasteiger partial charge in [0.1, 0.15) is 0 Å². The lowest BCUT2D eigenvalue weighted by Gasteiger charge is -1.98. The standard InChI is InChI=1S/C9H8N2O.ClH/c10-8-5-11-9(12)7-4-2-1-3-6(7)8;/h1-5H,10H2,(H,11,12);1H. The van der Waals surface area contributed by atoms with Crippen LogP contribution in [0.3, 0.4) is 0 Å². The van der Waals surface area contributed by atoms with Crippen molar-refractivity contribution in [3.63, 3.8) is 0 Å². The van der Waals surface area contributed by atoms with E-state index in [0.717, 1.165) is 5.39 Å². The summed E-state index contributed by atoms with van der Waals surface area (Å²) in [5.41, 5.74) is 6.16. The molecule has 1 aromatic carbocycles. The number of rotatable bonds is 0. The number of H-pyrrole nitrogens is 1. The Labute approximate surface area is 81.0 Å². The highest BCUT2D eigenvalue weighted by atomic mass is 35.5. The summed E-state index contributed by atoms with van der Waals surface area (Å²) in [7, 11) is 0. The zero-order chi connectivity index (χ0) is 8.55. The van der Waals surface area contributed by atoms with Crippen molar-refractivity contribution in [1.29, 1.82) is 0 Å². The first-order valence-corrected chi connectivity index (χ1v) is 3.65. The van der Waals surface area contributed by atoms with Gasteiger partial charge in [-0.1, -0.05) is 18.2 Å². The summed E-state index contributed by atoms with van der Waals surface area (Å²) >= 11 is 0. The normalized spacial score (nSPS) is 9.54. The van der Waals surface area contributed by atoms with Crippen molar-refractivity contribution in [2.45, 2.75) is 0 Å². The summed E-state index contributed by atoms with van der Waals surface area (Å²) in [6.45, 7) is 0. The van der Waals surface area contributed by atoms with Crippen molar-refractivity contribution in [2.75, 3.05) is 5.73 Å². The van der Waals surface area contributed by atoms with Crippen LogP contribution in [0.2, 0.25) is 0 Å². The number of nitrogens with two attached hydrogens (primary N) is 1. The van der Waals surface area contributed by atoms with E-state index in [1.54, 1.807) is 6.07 Å².